The fraction of sp³-hybridized carbons (Fsp3) is 0.608. The Hall–Kier alpha value is -3.53. The summed E-state index contributed by atoms with van der Waals surface area (Å²) in [7, 11) is -5.16. The third-order valence-corrected chi connectivity index (χ3v) is 11.2. The number of ether oxygens (including phenoxy) is 2. The molecule has 0 aromatic heterocycles. The molecule has 0 aromatic rings. The van der Waals surface area contributed by atoms with Gasteiger partial charge in [-0.05, 0) is 83.5 Å². The van der Waals surface area contributed by atoms with E-state index in [1.165, 1.54) is 0 Å². The molecule has 0 aromatic carbocycles. The van der Waals surface area contributed by atoms with Crippen LogP contribution >= 0.6 is 7.82 Å². The van der Waals surface area contributed by atoms with Gasteiger partial charge in [0.1, 0.15) is 43.2 Å². The van der Waals surface area contributed by atoms with Crippen LogP contribution in [-0.2, 0) is 32.7 Å². The zero-order valence-electron chi connectivity index (χ0n) is 39.3. The van der Waals surface area contributed by atoms with Gasteiger partial charge in [0.2, 0.25) is 0 Å². The van der Waals surface area contributed by atoms with Crippen LogP contribution in [0.15, 0.2) is 109 Å². The maximum Gasteiger partial charge on any atom is 0.472 e. The van der Waals surface area contributed by atoms with E-state index in [4.69, 9.17) is 18.5 Å². The lowest BCUT2D eigenvalue weighted by molar-refractivity contribution is -0.220. The maximum absolute atomic E-state index is 12.8. The molecule has 1 saturated carbocycles. The van der Waals surface area contributed by atoms with Crippen molar-refractivity contribution in [2.45, 2.75) is 185 Å². The van der Waals surface area contributed by atoms with Crippen LogP contribution in [0.2, 0.25) is 0 Å². The summed E-state index contributed by atoms with van der Waals surface area (Å²) < 4.78 is 33.4. The van der Waals surface area contributed by atoms with Gasteiger partial charge >= 0.3 is 19.8 Å². The van der Waals surface area contributed by atoms with Crippen molar-refractivity contribution >= 4 is 19.8 Å². The molecule has 3 unspecified atom stereocenters. The van der Waals surface area contributed by atoms with Gasteiger partial charge in [-0.2, -0.15) is 0 Å². The SMILES string of the molecule is CC/C=C\C/C=C\C/C=C\C/C=C\C/C=C\CCCCCC(=O)OC[C@H](COP(=O)(O)OC1[C@H](O)[C@H](O)C(O)[C@H](O)[C@H]1O)OC(=O)CCC/C=C\C/C=C\C/C=C\C=C\[C@@H](O)CCCCC. The van der Waals surface area contributed by atoms with Crippen molar-refractivity contribution in [1.82, 2.24) is 0 Å². The topological polar surface area (TPSA) is 230 Å². The second kappa shape index (κ2) is 39.5. The van der Waals surface area contributed by atoms with Crippen molar-refractivity contribution in [2.75, 3.05) is 13.2 Å². The lowest BCUT2D eigenvalue weighted by Crippen LogP contribution is -2.64. The van der Waals surface area contributed by atoms with Crippen LogP contribution in [0.4, 0.5) is 0 Å². The van der Waals surface area contributed by atoms with E-state index in [0.717, 1.165) is 83.5 Å². The number of aliphatic hydroxyl groups excluding tert-OH is 6. The number of phosphoric acid groups is 1. The number of hydrogen-bond donors (Lipinski definition) is 7. The van der Waals surface area contributed by atoms with Gasteiger partial charge < -0.3 is 45.0 Å². The number of esters is 2. The fourth-order valence-electron chi connectivity index (χ4n) is 6.36. The summed E-state index contributed by atoms with van der Waals surface area (Å²) in [5, 5.41) is 60.1. The van der Waals surface area contributed by atoms with E-state index in [2.05, 4.69) is 74.6 Å². The Morgan fingerprint density at radius 2 is 1.06 bits per heavy atom. The Bertz CT molecular complexity index is 1580. The molecule has 1 aliphatic rings. The Balaban J connectivity index is 2.54. The zero-order chi connectivity index (χ0) is 48.7. The van der Waals surface area contributed by atoms with Gasteiger partial charge in [0.15, 0.2) is 6.10 Å². The molecule has 374 valence electrons. The summed E-state index contributed by atoms with van der Waals surface area (Å²) in [4.78, 5) is 35.7. The van der Waals surface area contributed by atoms with Gasteiger partial charge in [-0.25, -0.2) is 4.57 Å². The minimum atomic E-state index is -5.16. The van der Waals surface area contributed by atoms with Crippen LogP contribution in [0.3, 0.4) is 0 Å². The molecule has 15 heteroatoms. The van der Waals surface area contributed by atoms with Crippen LogP contribution in [0.25, 0.3) is 0 Å². The van der Waals surface area contributed by atoms with E-state index < -0.39 is 81.8 Å². The molecule has 14 nitrogen and oxygen atoms in total. The number of carbonyl (C=O) groups is 2. The molecule has 1 rings (SSSR count). The van der Waals surface area contributed by atoms with Crippen molar-refractivity contribution < 1.29 is 68.2 Å². The summed E-state index contributed by atoms with van der Waals surface area (Å²) in [5.74, 6) is -1.24. The zero-order valence-corrected chi connectivity index (χ0v) is 40.2. The first-order valence-corrected chi connectivity index (χ1v) is 25.3. The van der Waals surface area contributed by atoms with Gasteiger partial charge in [0.05, 0.1) is 12.7 Å². The lowest BCUT2D eigenvalue weighted by Gasteiger charge is -2.41. The van der Waals surface area contributed by atoms with Crippen LogP contribution in [0.5, 0.6) is 0 Å². The molecule has 7 N–H and O–H groups in total. The maximum atomic E-state index is 12.8. The minimum absolute atomic E-state index is 0.0139. The van der Waals surface area contributed by atoms with Gasteiger partial charge in [-0.3, -0.25) is 18.6 Å². The van der Waals surface area contributed by atoms with E-state index in [1.807, 2.05) is 42.5 Å². The normalized spacial score (nSPS) is 22.7. The second-order valence-electron chi connectivity index (χ2n) is 16.1. The van der Waals surface area contributed by atoms with Gasteiger partial charge in [0.25, 0.3) is 0 Å². The highest BCUT2D eigenvalue weighted by atomic mass is 31.2. The van der Waals surface area contributed by atoms with Crippen LogP contribution < -0.4 is 0 Å². The minimum Gasteiger partial charge on any atom is -0.462 e. The molecule has 0 bridgehead atoms. The smallest absolute Gasteiger partial charge is 0.462 e. The predicted octanol–water partition coefficient (Wildman–Crippen LogP) is 8.58. The van der Waals surface area contributed by atoms with Crippen LogP contribution in [0.1, 0.15) is 136 Å². The number of unbranched alkanes of at least 4 members (excludes halogenated alkanes) is 6. The summed E-state index contributed by atoms with van der Waals surface area (Å²) >= 11 is 0. The Kier molecular flexibility index (Phi) is 36.2. The number of hydrogen-bond acceptors (Lipinski definition) is 13. The van der Waals surface area contributed by atoms with Gasteiger partial charge in [0, 0.05) is 12.8 Å². The summed E-state index contributed by atoms with van der Waals surface area (Å²) in [6, 6.07) is 0. The number of carbonyl (C=O) groups excluding carboxylic acids is 2. The molecule has 0 aliphatic heterocycles. The van der Waals surface area contributed by atoms with Crippen molar-refractivity contribution in [3.05, 3.63) is 109 Å². The van der Waals surface area contributed by atoms with E-state index in [0.29, 0.717) is 25.7 Å². The predicted molar refractivity (Wildman–Crippen MR) is 259 cm³/mol. The van der Waals surface area contributed by atoms with E-state index in [1.54, 1.807) is 6.08 Å². The highest BCUT2D eigenvalue weighted by molar-refractivity contribution is 7.47. The number of rotatable bonds is 37. The van der Waals surface area contributed by atoms with Crippen molar-refractivity contribution in [2.24, 2.45) is 0 Å². The largest absolute Gasteiger partial charge is 0.472 e. The average Bonchev–Trinajstić information content (AvgIpc) is 3.29. The van der Waals surface area contributed by atoms with Gasteiger partial charge in [-0.1, -0.05) is 149 Å². The Morgan fingerprint density at radius 1 is 0.561 bits per heavy atom. The molecule has 0 spiro atoms. The van der Waals surface area contributed by atoms with E-state index in [-0.39, 0.29) is 12.8 Å². The van der Waals surface area contributed by atoms with E-state index >= 15 is 0 Å². The first-order chi connectivity index (χ1) is 31.8. The van der Waals surface area contributed by atoms with Crippen molar-refractivity contribution in [3.63, 3.8) is 0 Å². The first kappa shape index (κ1) is 60.5. The molecular weight excluding hydrogens is 868 g/mol. The standard InChI is InChI=1S/C51H81O14P/c1-3-5-7-8-9-10-11-12-13-14-15-16-17-18-21-24-27-30-34-38-44(53)62-40-43(41-63-66(60,61)65-51-49(58)47(56)46(55)48(57)50(51)59)64-45(54)39-35-31-28-25-22-19-20-23-26-29-33-37-42(52)36-32-6-4-2/h5,7,9-10,12-13,15-16,18-21,25-26,28-29,33,37,42-43,46-52,55-59H,3-4,6,8,11,14,17,22-24,27,30-32,34-36,38-41H2,1-2H3,(H,60,61)/b7-5-,10-9-,13-12-,16-15-,20-19-,21-18-,28-25-,29-26-,37-33+/t42-,43+,46?,47-,48+,49+,50+,51?/m0/s1. The lowest BCUT2D eigenvalue weighted by atomic mass is 9.85. The number of phosphoric ester groups is 1. The molecule has 0 heterocycles. The Morgan fingerprint density at radius 3 is 1.62 bits per heavy atom. The molecule has 0 amide bonds. The average molecular weight is 949 g/mol. The molecule has 1 fully saturated rings. The van der Waals surface area contributed by atoms with Crippen LogP contribution in [-0.4, -0.2) is 110 Å². The molecular formula is C51H81O14P. The van der Waals surface area contributed by atoms with E-state index in [9.17, 15) is 49.7 Å². The second-order valence-corrected chi connectivity index (χ2v) is 17.5. The van der Waals surface area contributed by atoms with Crippen molar-refractivity contribution in [3.8, 4) is 0 Å². The highest BCUT2D eigenvalue weighted by Crippen LogP contribution is 2.47. The summed E-state index contributed by atoms with van der Waals surface area (Å²) in [5.41, 5.74) is 0. The quantitative estimate of drug-likeness (QED) is 0.0102. The van der Waals surface area contributed by atoms with Crippen LogP contribution in [0, 0.1) is 0 Å². The summed E-state index contributed by atoms with van der Waals surface area (Å²) in [6.07, 6.45) is 37.5. The fourth-order valence-corrected chi connectivity index (χ4v) is 7.33. The summed E-state index contributed by atoms with van der Waals surface area (Å²) in [6.45, 7) is 2.97. The van der Waals surface area contributed by atoms with Gasteiger partial charge in [-0.15, -0.1) is 0 Å². The Labute approximate surface area is 394 Å². The highest BCUT2D eigenvalue weighted by Gasteiger charge is 2.51. The molecule has 66 heavy (non-hydrogen) atoms. The molecule has 0 saturated heterocycles. The molecule has 1 aliphatic carbocycles. The third-order valence-electron chi connectivity index (χ3n) is 10.2. The monoisotopic (exact) mass is 949 g/mol. The first-order valence-electron chi connectivity index (χ1n) is 23.8. The number of allylic oxidation sites excluding steroid dienone is 17. The third kappa shape index (κ3) is 31.4. The molecule has 0 radical (unpaired) electrons. The molecule has 9 atom stereocenters. The number of aliphatic hydroxyl groups is 6. The van der Waals surface area contributed by atoms with Crippen molar-refractivity contribution in [1.29, 1.82) is 0 Å².